The minimum atomic E-state index is -0.0242. The van der Waals surface area contributed by atoms with Crippen molar-refractivity contribution in [1.82, 2.24) is 0 Å². The number of benzene rings is 1. The van der Waals surface area contributed by atoms with Gasteiger partial charge in [0.1, 0.15) is 11.6 Å². The van der Waals surface area contributed by atoms with Gasteiger partial charge < -0.3 is 0 Å². The van der Waals surface area contributed by atoms with Gasteiger partial charge in [-0.25, -0.2) is 0 Å². The summed E-state index contributed by atoms with van der Waals surface area (Å²) in [6, 6.07) is 8.26. The molecule has 0 heterocycles. The van der Waals surface area contributed by atoms with E-state index in [1.165, 1.54) is 18.1 Å². The zero-order valence-electron chi connectivity index (χ0n) is 9.53. The van der Waals surface area contributed by atoms with Crippen molar-refractivity contribution in [2.75, 3.05) is 0 Å². The number of fused-ring (bicyclic) bond motifs is 1. The fourth-order valence-electron chi connectivity index (χ4n) is 2.36. The summed E-state index contributed by atoms with van der Waals surface area (Å²) in [4.78, 5) is 22.7. The molecule has 0 fully saturated rings. The molecule has 0 amide bonds. The third kappa shape index (κ3) is 2.38. The summed E-state index contributed by atoms with van der Waals surface area (Å²) in [6.45, 7) is 1.48. The highest BCUT2D eigenvalue weighted by Crippen LogP contribution is 2.26. The monoisotopic (exact) mass is 216 g/mol. The van der Waals surface area contributed by atoms with Crippen molar-refractivity contribution < 1.29 is 9.59 Å². The van der Waals surface area contributed by atoms with Crippen molar-refractivity contribution in [3.05, 3.63) is 35.4 Å². The van der Waals surface area contributed by atoms with Gasteiger partial charge in [-0.05, 0) is 37.3 Å². The molecular formula is C14H16O2. The van der Waals surface area contributed by atoms with Crippen LogP contribution in [0.15, 0.2) is 24.3 Å². The van der Waals surface area contributed by atoms with E-state index < -0.39 is 0 Å². The van der Waals surface area contributed by atoms with Crippen molar-refractivity contribution >= 4 is 11.6 Å². The molecule has 0 bridgehead atoms. The Balaban J connectivity index is 2.08. The van der Waals surface area contributed by atoms with E-state index in [1.54, 1.807) is 0 Å². The molecule has 1 aliphatic rings. The van der Waals surface area contributed by atoms with Crippen molar-refractivity contribution in [3.8, 4) is 0 Å². The number of carbonyl (C=O) groups is 2. The lowest BCUT2D eigenvalue weighted by Crippen LogP contribution is -2.24. The molecule has 0 N–H and O–H groups in total. The van der Waals surface area contributed by atoms with Gasteiger partial charge in [-0.2, -0.15) is 0 Å². The Morgan fingerprint density at radius 1 is 1.25 bits per heavy atom. The average Bonchev–Trinajstić information content (AvgIpc) is 2.27. The van der Waals surface area contributed by atoms with Gasteiger partial charge >= 0.3 is 0 Å². The zero-order valence-corrected chi connectivity index (χ0v) is 9.53. The molecule has 0 aromatic heterocycles. The van der Waals surface area contributed by atoms with Crippen molar-refractivity contribution in [1.29, 1.82) is 0 Å². The van der Waals surface area contributed by atoms with Gasteiger partial charge in [0.05, 0.1) is 6.42 Å². The first kappa shape index (κ1) is 11.1. The van der Waals surface area contributed by atoms with E-state index in [0.29, 0.717) is 0 Å². The van der Waals surface area contributed by atoms with Crippen LogP contribution in [0.4, 0.5) is 0 Å². The van der Waals surface area contributed by atoms with Gasteiger partial charge in [-0.1, -0.05) is 24.3 Å². The predicted octanol–water partition coefficient (Wildman–Crippen LogP) is 2.34. The highest BCUT2D eigenvalue weighted by atomic mass is 16.1. The molecule has 16 heavy (non-hydrogen) atoms. The second kappa shape index (κ2) is 4.60. The van der Waals surface area contributed by atoms with Crippen LogP contribution in [0, 0.1) is 5.92 Å². The molecule has 0 saturated heterocycles. The first-order valence-corrected chi connectivity index (χ1v) is 5.75. The van der Waals surface area contributed by atoms with Crippen LogP contribution in [-0.4, -0.2) is 11.6 Å². The number of aryl methyl sites for hydroxylation is 1. The fraction of sp³-hybridized carbons (Fsp3) is 0.429. The number of hydrogen-bond donors (Lipinski definition) is 0. The summed E-state index contributed by atoms with van der Waals surface area (Å²) in [6.07, 6.45) is 2.77. The van der Waals surface area contributed by atoms with Gasteiger partial charge in [0.2, 0.25) is 0 Å². The van der Waals surface area contributed by atoms with E-state index in [9.17, 15) is 9.59 Å². The van der Waals surface area contributed by atoms with E-state index in [2.05, 4.69) is 12.1 Å². The Kier molecular flexibility index (Phi) is 3.18. The molecular weight excluding hydrogens is 200 g/mol. The maximum Gasteiger partial charge on any atom is 0.143 e. The molecule has 0 radical (unpaired) electrons. The highest BCUT2D eigenvalue weighted by molar-refractivity contribution is 5.99. The molecule has 1 aromatic carbocycles. The molecule has 0 spiro atoms. The summed E-state index contributed by atoms with van der Waals surface area (Å²) in [5.41, 5.74) is 2.63. The molecule has 0 saturated carbocycles. The van der Waals surface area contributed by atoms with Crippen LogP contribution in [0.2, 0.25) is 0 Å². The van der Waals surface area contributed by atoms with Crippen LogP contribution in [0.25, 0.3) is 0 Å². The zero-order chi connectivity index (χ0) is 11.5. The standard InChI is InChI=1S/C14H16O2/c1-10(15)8-14(16)13-7-6-11-4-2-3-5-12(11)9-13/h2-5,13H,6-9H2,1H3. The SMILES string of the molecule is CC(=O)CC(=O)C1CCc2ccccc2C1. The number of rotatable bonds is 3. The molecule has 2 nitrogen and oxygen atoms in total. The van der Waals surface area contributed by atoms with Gasteiger partial charge in [-0.3, -0.25) is 9.59 Å². The topological polar surface area (TPSA) is 34.1 Å². The van der Waals surface area contributed by atoms with Crippen LogP contribution in [0.3, 0.4) is 0 Å². The van der Waals surface area contributed by atoms with Gasteiger partial charge in [0.15, 0.2) is 0 Å². The molecule has 1 atom stereocenters. The Morgan fingerprint density at radius 2 is 1.94 bits per heavy atom. The number of Topliss-reactive ketones (excluding diaryl/α,β-unsaturated/α-hetero) is 2. The van der Waals surface area contributed by atoms with Crippen LogP contribution >= 0.6 is 0 Å². The van der Waals surface area contributed by atoms with Crippen LogP contribution in [-0.2, 0) is 22.4 Å². The minimum absolute atomic E-state index is 0.0242. The van der Waals surface area contributed by atoms with E-state index in [1.807, 2.05) is 12.1 Å². The Hall–Kier alpha value is -1.44. The quantitative estimate of drug-likeness (QED) is 0.727. The molecule has 1 aliphatic carbocycles. The molecule has 1 aromatic rings. The smallest absolute Gasteiger partial charge is 0.143 e. The average molecular weight is 216 g/mol. The number of carbonyl (C=O) groups excluding carboxylic acids is 2. The van der Waals surface area contributed by atoms with E-state index in [4.69, 9.17) is 0 Å². The van der Waals surface area contributed by atoms with Crippen molar-refractivity contribution in [2.24, 2.45) is 5.92 Å². The first-order valence-electron chi connectivity index (χ1n) is 5.75. The highest BCUT2D eigenvalue weighted by Gasteiger charge is 2.24. The van der Waals surface area contributed by atoms with Gasteiger partial charge in [0.25, 0.3) is 0 Å². The number of ketones is 2. The normalized spacial score (nSPS) is 18.9. The lowest BCUT2D eigenvalue weighted by Gasteiger charge is -2.23. The van der Waals surface area contributed by atoms with Crippen molar-refractivity contribution in [2.45, 2.75) is 32.6 Å². The van der Waals surface area contributed by atoms with Gasteiger partial charge in [0, 0.05) is 5.92 Å². The van der Waals surface area contributed by atoms with Gasteiger partial charge in [-0.15, -0.1) is 0 Å². The maximum absolute atomic E-state index is 11.8. The minimum Gasteiger partial charge on any atom is -0.300 e. The molecule has 84 valence electrons. The van der Waals surface area contributed by atoms with Crippen LogP contribution in [0.5, 0.6) is 0 Å². The first-order chi connectivity index (χ1) is 7.66. The van der Waals surface area contributed by atoms with Crippen molar-refractivity contribution in [3.63, 3.8) is 0 Å². The number of hydrogen-bond acceptors (Lipinski definition) is 2. The Bertz CT molecular complexity index is 420. The largest absolute Gasteiger partial charge is 0.300 e. The third-order valence-corrected chi connectivity index (χ3v) is 3.23. The summed E-state index contributed by atoms with van der Waals surface area (Å²) in [5.74, 6) is 0.143. The summed E-state index contributed by atoms with van der Waals surface area (Å²) in [7, 11) is 0. The van der Waals surface area contributed by atoms with E-state index in [-0.39, 0.29) is 23.9 Å². The Labute approximate surface area is 95.7 Å². The molecule has 1 unspecified atom stereocenters. The Morgan fingerprint density at radius 3 is 2.62 bits per heavy atom. The van der Waals surface area contributed by atoms with Crippen LogP contribution < -0.4 is 0 Å². The van der Waals surface area contributed by atoms with Crippen LogP contribution in [0.1, 0.15) is 30.9 Å². The predicted molar refractivity (Wildman–Crippen MR) is 62.3 cm³/mol. The van der Waals surface area contributed by atoms with E-state index in [0.717, 1.165) is 19.3 Å². The van der Waals surface area contributed by atoms with E-state index >= 15 is 0 Å². The maximum atomic E-state index is 11.8. The summed E-state index contributed by atoms with van der Waals surface area (Å²) >= 11 is 0. The summed E-state index contributed by atoms with van der Waals surface area (Å²) < 4.78 is 0. The second-order valence-corrected chi connectivity index (χ2v) is 4.55. The third-order valence-electron chi connectivity index (χ3n) is 3.23. The lowest BCUT2D eigenvalue weighted by molar-refractivity contribution is -0.128. The summed E-state index contributed by atoms with van der Waals surface area (Å²) in [5, 5.41) is 0. The fourth-order valence-corrected chi connectivity index (χ4v) is 2.36. The lowest BCUT2D eigenvalue weighted by atomic mass is 9.81. The molecule has 2 rings (SSSR count). The second-order valence-electron chi connectivity index (χ2n) is 4.55. The molecule has 0 aliphatic heterocycles. The molecule has 2 heteroatoms.